The molecule has 2 rings (SSSR count). The molecule has 0 amide bonds. The summed E-state index contributed by atoms with van der Waals surface area (Å²) in [6.45, 7) is 3.53. The summed E-state index contributed by atoms with van der Waals surface area (Å²) in [4.78, 5) is 6.30. The molecule has 0 atom stereocenters. The van der Waals surface area contributed by atoms with Gasteiger partial charge in [0, 0.05) is 24.8 Å². The lowest BCUT2D eigenvalue weighted by atomic mass is 10.1. The average molecular weight is 288 g/mol. The van der Waals surface area contributed by atoms with Crippen LogP contribution in [0.4, 0.5) is 5.69 Å². The number of rotatable bonds is 6. The third-order valence-corrected chi connectivity index (χ3v) is 3.21. The van der Waals surface area contributed by atoms with Crippen molar-refractivity contribution in [1.29, 1.82) is 0 Å². The number of anilines is 1. The van der Waals surface area contributed by atoms with Gasteiger partial charge in [-0.25, -0.2) is 9.67 Å². The van der Waals surface area contributed by atoms with E-state index in [9.17, 15) is 0 Å². The Morgan fingerprint density at radius 2 is 2.19 bits per heavy atom. The third kappa shape index (κ3) is 3.31. The smallest absolute Gasteiger partial charge is 0.172 e. The van der Waals surface area contributed by atoms with Gasteiger partial charge in [0.15, 0.2) is 5.84 Å². The third-order valence-electron chi connectivity index (χ3n) is 3.21. The minimum absolute atomic E-state index is 0.0903. The van der Waals surface area contributed by atoms with E-state index in [1.807, 2.05) is 40.9 Å². The van der Waals surface area contributed by atoms with E-state index in [2.05, 4.69) is 22.2 Å². The molecule has 112 valence electrons. The lowest BCUT2D eigenvalue weighted by Crippen LogP contribution is -2.24. The summed E-state index contributed by atoms with van der Waals surface area (Å²) in [5.41, 5.74) is 7.28. The Morgan fingerprint density at radius 1 is 1.43 bits per heavy atom. The molecule has 0 bridgehead atoms. The molecule has 0 saturated heterocycles. The molecular formula is C14H20N6O. The van der Waals surface area contributed by atoms with Crippen LogP contribution in [0.25, 0.3) is 0 Å². The van der Waals surface area contributed by atoms with Gasteiger partial charge in [-0.15, -0.1) is 0 Å². The van der Waals surface area contributed by atoms with Crippen molar-refractivity contribution in [2.75, 3.05) is 11.9 Å². The Balaban J connectivity index is 2.24. The second kappa shape index (κ2) is 6.74. The highest BCUT2D eigenvalue weighted by molar-refractivity contribution is 6.02. The van der Waals surface area contributed by atoms with Crippen LogP contribution in [0.3, 0.4) is 0 Å². The summed E-state index contributed by atoms with van der Waals surface area (Å²) in [6, 6.07) is 7.51. The Hall–Kier alpha value is -2.57. The molecule has 0 fully saturated rings. The number of nitrogens with zero attached hydrogens (tertiary/aromatic N) is 5. The van der Waals surface area contributed by atoms with Crippen molar-refractivity contribution in [3.63, 3.8) is 0 Å². The van der Waals surface area contributed by atoms with Crippen LogP contribution in [0.15, 0.2) is 35.7 Å². The predicted octanol–water partition coefficient (Wildman–Crippen LogP) is 1.42. The molecule has 21 heavy (non-hydrogen) atoms. The molecule has 0 radical (unpaired) electrons. The Morgan fingerprint density at radius 3 is 2.90 bits per heavy atom. The van der Waals surface area contributed by atoms with E-state index in [4.69, 9.17) is 10.9 Å². The van der Waals surface area contributed by atoms with Gasteiger partial charge in [0.25, 0.3) is 0 Å². The lowest BCUT2D eigenvalue weighted by molar-refractivity contribution is 0.318. The second-order valence-electron chi connectivity index (χ2n) is 4.76. The number of aryl methyl sites for hydroxylation is 1. The molecule has 0 aliphatic rings. The first-order valence-electron chi connectivity index (χ1n) is 6.82. The van der Waals surface area contributed by atoms with E-state index in [1.54, 1.807) is 6.33 Å². The van der Waals surface area contributed by atoms with E-state index in [1.165, 1.54) is 0 Å². The van der Waals surface area contributed by atoms with E-state index in [0.29, 0.717) is 12.1 Å². The Labute approximate surface area is 123 Å². The maximum Gasteiger partial charge on any atom is 0.172 e. The normalized spacial score (nSPS) is 11.6. The van der Waals surface area contributed by atoms with Crippen LogP contribution in [0.5, 0.6) is 0 Å². The molecule has 0 unspecified atom stereocenters. The zero-order valence-corrected chi connectivity index (χ0v) is 12.3. The van der Waals surface area contributed by atoms with Gasteiger partial charge in [0.05, 0.1) is 6.54 Å². The van der Waals surface area contributed by atoms with Crippen LogP contribution >= 0.6 is 0 Å². The predicted molar refractivity (Wildman–Crippen MR) is 81.4 cm³/mol. The lowest BCUT2D eigenvalue weighted by Gasteiger charge is -2.21. The molecule has 2 aromatic rings. The highest BCUT2D eigenvalue weighted by atomic mass is 16.4. The van der Waals surface area contributed by atoms with Crippen LogP contribution < -0.4 is 10.6 Å². The van der Waals surface area contributed by atoms with Crippen molar-refractivity contribution in [3.05, 3.63) is 42.0 Å². The van der Waals surface area contributed by atoms with Crippen molar-refractivity contribution in [2.45, 2.75) is 26.4 Å². The van der Waals surface area contributed by atoms with E-state index < -0.39 is 0 Å². The number of hydrogen-bond donors (Lipinski definition) is 2. The molecule has 3 N–H and O–H groups in total. The molecule has 0 spiro atoms. The molecule has 0 aliphatic heterocycles. The molecule has 7 heteroatoms. The van der Waals surface area contributed by atoms with Crippen molar-refractivity contribution in [1.82, 2.24) is 14.8 Å². The van der Waals surface area contributed by atoms with Gasteiger partial charge in [-0.2, -0.15) is 5.10 Å². The van der Waals surface area contributed by atoms with E-state index >= 15 is 0 Å². The van der Waals surface area contributed by atoms with Crippen molar-refractivity contribution in [3.8, 4) is 0 Å². The summed E-state index contributed by atoms with van der Waals surface area (Å²) in [5, 5.41) is 16.2. The SMILES string of the molecule is CCCn1ncnc1CN(C)c1ccccc1/C(N)=N/O. The first-order valence-corrected chi connectivity index (χ1v) is 6.82. The maximum atomic E-state index is 8.88. The fourth-order valence-electron chi connectivity index (χ4n) is 2.18. The summed E-state index contributed by atoms with van der Waals surface area (Å²) in [6.07, 6.45) is 2.56. The minimum atomic E-state index is 0.0903. The van der Waals surface area contributed by atoms with E-state index in [0.717, 1.165) is 24.5 Å². The standard InChI is InChI=1S/C14H20N6O/c1-3-8-20-13(16-10-17-20)9-19(2)12-7-5-4-6-11(12)14(15)18-21/h4-7,10,21H,3,8-9H2,1-2H3,(H2,15,18). The Kier molecular flexibility index (Phi) is 4.76. The highest BCUT2D eigenvalue weighted by Crippen LogP contribution is 2.20. The topological polar surface area (TPSA) is 92.6 Å². The summed E-state index contributed by atoms with van der Waals surface area (Å²) < 4.78 is 1.89. The second-order valence-corrected chi connectivity index (χ2v) is 4.76. The first-order chi connectivity index (χ1) is 10.2. The van der Waals surface area contributed by atoms with Gasteiger partial charge in [0.2, 0.25) is 0 Å². The van der Waals surface area contributed by atoms with Gasteiger partial charge in [0.1, 0.15) is 12.2 Å². The zero-order valence-electron chi connectivity index (χ0n) is 12.3. The number of nitrogens with two attached hydrogens (primary N) is 1. The van der Waals surface area contributed by atoms with Crippen molar-refractivity contribution in [2.24, 2.45) is 10.9 Å². The zero-order chi connectivity index (χ0) is 15.2. The number of aromatic nitrogens is 3. The average Bonchev–Trinajstić information content (AvgIpc) is 2.94. The molecule has 0 aliphatic carbocycles. The number of hydrogen-bond acceptors (Lipinski definition) is 5. The molecule has 7 nitrogen and oxygen atoms in total. The fraction of sp³-hybridized carbons (Fsp3) is 0.357. The van der Waals surface area contributed by atoms with Gasteiger partial charge in [-0.1, -0.05) is 24.2 Å². The number of benzene rings is 1. The van der Waals surface area contributed by atoms with Gasteiger partial charge < -0.3 is 15.8 Å². The molecule has 1 aromatic carbocycles. The number of oxime groups is 1. The quantitative estimate of drug-likeness (QED) is 0.363. The highest BCUT2D eigenvalue weighted by Gasteiger charge is 2.13. The first kappa shape index (κ1) is 14.8. The van der Waals surface area contributed by atoms with Gasteiger partial charge in [-0.05, 0) is 18.6 Å². The van der Waals surface area contributed by atoms with Crippen LogP contribution in [0.2, 0.25) is 0 Å². The number of para-hydroxylation sites is 1. The van der Waals surface area contributed by atoms with Crippen molar-refractivity contribution >= 4 is 11.5 Å². The van der Waals surface area contributed by atoms with Gasteiger partial charge in [-0.3, -0.25) is 0 Å². The van der Waals surface area contributed by atoms with E-state index in [-0.39, 0.29) is 5.84 Å². The molecule has 1 aromatic heterocycles. The summed E-state index contributed by atoms with van der Waals surface area (Å²) >= 11 is 0. The summed E-state index contributed by atoms with van der Waals surface area (Å²) in [7, 11) is 1.94. The van der Waals surface area contributed by atoms with Crippen LogP contribution in [0, 0.1) is 0 Å². The summed E-state index contributed by atoms with van der Waals surface area (Å²) in [5.74, 6) is 0.973. The molecular weight excluding hydrogens is 268 g/mol. The van der Waals surface area contributed by atoms with Crippen LogP contribution in [-0.2, 0) is 13.1 Å². The van der Waals surface area contributed by atoms with Crippen LogP contribution in [-0.4, -0.2) is 32.9 Å². The minimum Gasteiger partial charge on any atom is -0.409 e. The molecule has 1 heterocycles. The number of amidine groups is 1. The fourth-order valence-corrected chi connectivity index (χ4v) is 2.18. The molecule has 0 saturated carbocycles. The monoisotopic (exact) mass is 288 g/mol. The largest absolute Gasteiger partial charge is 0.409 e. The van der Waals surface area contributed by atoms with Gasteiger partial charge >= 0.3 is 0 Å². The van der Waals surface area contributed by atoms with Crippen molar-refractivity contribution < 1.29 is 5.21 Å². The Bertz CT molecular complexity index is 621. The maximum absolute atomic E-state index is 8.88. The van der Waals surface area contributed by atoms with Crippen LogP contribution in [0.1, 0.15) is 24.7 Å².